The standard InChI is InChI=1S/C15H25N5.HI/c1-12(2)10-18-15(16)19-11-13-5-6-17-14(9-13)20-7-3-4-8-20;/h5-6,9,12H,3-4,7-8,10-11H2,1-2H3,(H3,16,18,19);1H. The zero-order chi connectivity index (χ0) is 14.4. The van der Waals surface area contributed by atoms with E-state index < -0.39 is 0 Å². The van der Waals surface area contributed by atoms with Crippen LogP contribution in [0.3, 0.4) is 0 Å². The lowest BCUT2D eigenvalue weighted by Crippen LogP contribution is -2.34. The van der Waals surface area contributed by atoms with Crippen molar-refractivity contribution in [1.82, 2.24) is 10.3 Å². The molecule has 2 heterocycles. The summed E-state index contributed by atoms with van der Waals surface area (Å²) in [4.78, 5) is 11.1. The molecule has 2 rings (SSSR count). The summed E-state index contributed by atoms with van der Waals surface area (Å²) in [6, 6.07) is 4.11. The monoisotopic (exact) mass is 403 g/mol. The van der Waals surface area contributed by atoms with E-state index >= 15 is 0 Å². The molecule has 1 saturated heterocycles. The summed E-state index contributed by atoms with van der Waals surface area (Å²) in [7, 11) is 0. The van der Waals surface area contributed by atoms with Gasteiger partial charge in [0.1, 0.15) is 5.82 Å². The van der Waals surface area contributed by atoms with E-state index in [1.54, 1.807) is 0 Å². The van der Waals surface area contributed by atoms with Crippen molar-refractivity contribution < 1.29 is 0 Å². The Hall–Kier alpha value is -1.05. The first kappa shape index (κ1) is 18.0. The Morgan fingerprint density at radius 3 is 2.81 bits per heavy atom. The summed E-state index contributed by atoms with van der Waals surface area (Å²) < 4.78 is 0. The van der Waals surface area contributed by atoms with Crippen LogP contribution < -0.4 is 16.0 Å². The topological polar surface area (TPSA) is 66.5 Å². The van der Waals surface area contributed by atoms with E-state index in [9.17, 15) is 0 Å². The second-order valence-electron chi connectivity index (χ2n) is 5.69. The third-order valence-corrected chi connectivity index (χ3v) is 3.36. The average molecular weight is 403 g/mol. The molecule has 0 aliphatic carbocycles. The molecule has 118 valence electrons. The number of nitrogens with zero attached hydrogens (tertiary/aromatic N) is 3. The number of hydrogen-bond acceptors (Lipinski definition) is 3. The molecule has 1 aliphatic rings. The molecule has 0 atom stereocenters. The Morgan fingerprint density at radius 1 is 1.43 bits per heavy atom. The van der Waals surface area contributed by atoms with Gasteiger partial charge in [-0.05, 0) is 36.5 Å². The minimum atomic E-state index is 0. The maximum atomic E-state index is 5.84. The smallest absolute Gasteiger partial charge is 0.188 e. The first-order chi connectivity index (χ1) is 9.65. The highest BCUT2D eigenvalue weighted by atomic mass is 127. The Bertz CT molecular complexity index is 455. The fourth-order valence-corrected chi connectivity index (χ4v) is 2.22. The lowest BCUT2D eigenvalue weighted by molar-refractivity contribution is 0.622. The molecule has 21 heavy (non-hydrogen) atoms. The molecule has 1 aromatic heterocycles. The minimum absolute atomic E-state index is 0. The highest BCUT2D eigenvalue weighted by molar-refractivity contribution is 14.0. The number of nitrogens with two attached hydrogens (primary N) is 1. The van der Waals surface area contributed by atoms with Crippen LogP contribution in [0.1, 0.15) is 32.3 Å². The predicted octanol–water partition coefficient (Wildman–Crippen LogP) is 2.36. The number of pyridine rings is 1. The third kappa shape index (κ3) is 6.07. The fraction of sp³-hybridized carbons (Fsp3) is 0.600. The fourth-order valence-electron chi connectivity index (χ4n) is 2.22. The maximum Gasteiger partial charge on any atom is 0.188 e. The number of halogens is 1. The number of anilines is 1. The van der Waals surface area contributed by atoms with Gasteiger partial charge in [-0.3, -0.25) is 0 Å². The predicted molar refractivity (Wildman–Crippen MR) is 99.3 cm³/mol. The summed E-state index contributed by atoms with van der Waals surface area (Å²) >= 11 is 0. The van der Waals surface area contributed by atoms with Gasteiger partial charge in [-0.2, -0.15) is 0 Å². The number of guanidine groups is 1. The van der Waals surface area contributed by atoms with Crippen molar-refractivity contribution >= 4 is 35.8 Å². The van der Waals surface area contributed by atoms with Crippen molar-refractivity contribution in [2.75, 3.05) is 24.5 Å². The van der Waals surface area contributed by atoms with E-state index in [2.05, 4.69) is 40.1 Å². The van der Waals surface area contributed by atoms with Crippen molar-refractivity contribution in [3.05, 3.63) is 23.9 Å². The number of aliphatic imine (C=N–C) groups is 1. The lowest BCUT2D eigenvalue weighted by atomic mass is 10.2. The average Bonchev–Trinajstić information content (AvgIpc) is 2.97. The van der Waals surface area contributed by atoms with Crippen molar-refractivity contribution in [3.63, 3.8) is 0 Å². The number of rotatable bonds is 5. The molecule has 1 fully saturated rings. The largest absolute Gasteiger partial charge is 0.370 e. The summed E-state index contributed by atoms with van der Waals surface area (Å²) in [6.45, 7) is 7.96. The van der Waals surface area contributed by atoms with E-state index in [-0.39, 0.29) is 24.0 Å². The lowest BCUT2D eigenvalue weighted by Gasteiger charge is -2.16. The molecule has 3 N–H and O–H groups in total. The number of aromatic nitrogens is 1. The molecular formula is C15H26IN5. The number of hydrogen-bond donors (Lipinski definition) is 2. The van der Waals surface area contributed by atoms with Gasteiger partial charge in [0, 0.05) is 25.8 Å². The molecule has 0 spiro atoms. The molecule has 1 aromatic rings. The zero-order valence-corrected chi connectivity index (χ0v) is 15.2. The summed E-state index contributed by atoms with van der Waals surface area (Å²) in [5.41, 5.74) is 6.99. The van der Waals surface area contributed by atoms with Gasteiger partial charge in [0.15, 0.2) is 5.96 Å². The van der Waals surface area contributed by atoms with Crippen LogP contribution in [0.15, 0.2) is 23.3 Å². The molecule has 6 heteroatoms. The van der Waals surface area contributed by atoms with E-state index in [4.69, 9.17) is 5.73 Å². The third-order valence-electron chi connectivity index (χ3n) is 3.36. The molecule has 1 aliphatic heterocycles. The normalized spacial score (nSPS) is 15.2. The van der Waals surface area contributed by atoms with Crippen LogP contribution in [0.5, 0.6) is 0 Å². The SMILES string of the molecule is CC(C)CNC(N)=NCc1ccnc(N2CCCC2)c1.I. The van der Waals surface area contributed by atoms with Gasteiger partial charge >= 0.3 is 0 Å². The zero-order valence-electron chi connectivity index (χ0n) is 12.9. The second kappa shape index (κ2) is 9.07. The van der Waals surface area contributed by atoms with E-state index in [0.717, 1.165) is 31.0 Å². The van der Waals surface area contributed by atoms with Gasteiger partial charge < -0.3 is 16.0 Å². The molecule has 0 bridgehead atoms. The van der Waals surface area contributed by atoms with Gasteiger partial charge in [0.25, 0.3) is 0 Å². The Morgan fingerprint density at radius 2 is 2.14 bits per heavy atom. The first-order valence-corrected chi connectivity index (χ1v) is 7.39. The summed E-state index contributed by atoms with van der Waals surface area (Å²) in [6.07, 6.45) is 4.38. The van der Waals surface area contributed by atoms with Gasteiger partial charge in [-0.15, -0.1) is 24.0 Å². The molecule has 0 radical (unpaired) electrons. The van der Waals surface area contributed by atoms with Gasteiger partial charge in [0.2, 0.25) is 0 Å². The quantitative estimate of drug-likeness (QED) is 0.450. The highest BCUT2D eigenvalue weighted by Gasteiger charge is 2.13. The van der Waals surface area contributed by atoms with Gasteiger partial charge in [-0.1, -0.05) is 13.8 Å². The Labute approximate surface area is 144 Å². The maximum absolute atomic E-state index is 5.84. The Balaban J connectivity index is 0.00000220. The molecular weight excluding hydrogens is 377 g/mol. The van der Waals surface area contributed by atoms with Crippen LogP contribution in [-0.2, 0) is 6.54 Å². The van der Waals surface area contributed by atoms with E-state index in [0.29, 0.717) is 18.4 Å². The van der Waals surface area contributed by atoms with Crippen molar-refractivity contribution in [1.29, 1.82) is 0 Å². The molecule has 0 saturated carbocycles. The van der Waals surface area contributed by atoms with Crippen LogP contribution in [-0.4, -0.2) is 30.6 Å². The summed E-state index contributed by atoms with van der Waals surface area (Å²) in [5.74, 6) is 2.13. The Kier molecular flexibility index (Phi) is 7.77. The number of nitrogens with one attached hydrogen (secondary N) is 1. The van der Waals surface area contributed by atoms with Crippen molar-refractivity contribution in [3.8, 4) is 0 Å². The molecule has 0 aromatic carbocycles. The van der Waals surface area contributed by atoms with Crippen molar-refractivity contribution in [2.45, 2.75) is 33.2 Å². The van der Waals surface area contributed by atoms with E-state index in [1.807, 2.05) is 12.3 Å². The minimum Gasteiger partial charge on any atom is -0.370 e. The first-order valence-electron chi connectivity index (χ1n) is 7.39. The molecule has 0 amide bonds. The molecule has 0 unspecified atom stereocenters. The van der Waals surface area contributed by atoms with Crippen LogP contribution in [0.25, 0.3) is 0 Å². The summed E-state index contributed by atoms with van der Waals surface area (Å²) in [5, 5.41) is 3.12. The molecule has 5 nitrogen and oxygen atoms in total. The second-order valence-corrected chi connectivity index (χ2v) is 5.69. The van der Waals surface area contributed by atoms with Crippen molar-refractivity contribution in [2.24, 2.45) is 16.6 Å². The van der Waals surface area contributed by atoms with E-state index in [1.165, 1.54) is 12.8 Å². The highest BCUT2D eigenvalue weighted by Crippen LogP contribution is 2.18. The van der Waals surface area contributed by atoms with Crippen LogP contribution in [0.2, 0.25) is 0 Å². The van der Waals surface area contributed by atoms with Crippen LogP contribution >= 0.6 is 24.0 Å². The van der Waals surface area contributed by atoms with Crippen LogP contribution in [0, 0.1) is 5.92 Å². The van der Waals surface area contributed by atoms with Gasteiger partial charge in [-0.25, -0.2) is 9.98 Å². The van der Waals surface area contributed by atoms with Gasteiger partial charge in [0.05, 0.1) is 6.54 Å². The van der Waals surface area contributed by atoms with Crippen LogP contribution in [0.4, 0.5) is 5.82 Å².